The van der Waals surface area contributed by atoms with Gasteiger partial charge in [-0.1, -0.05) is 54.9 Å². The quantitative estimate of drug-likeness (QED) is 0.416. The Morgan fingerprint density at radius 3 is 2.72 bits per heavy atom. The van der Waals surface area contributed by atoms with E-state index in [1.54, 1.807) is 25.3 Å². The number of nitrogens with one attached hydrogen (secondary N) is 1. The summed E-state index contributed by atoms with van der Waals surface area (Å²) in [6.07, 6.45) is 2.38. The molecular formula is C23H23ClN2O3. The van der Waals surface area contributed by atoms with Crippen LogP contribution in [0.4, 0.5) is 0 Å². The summed E-state index contributed by atoms with van der Waals surface area (Å²) >= 11 is 6.36. The Labute approximate surface area is 175 Å². The van der Waals surface area contributed by atoms with E-state index in [9.17, 15) is 4.79 Å². The summed E-state index contributed by atoms with van der Waals surface area (Å²) in [7, 11) is 1.55. The highest BCUT2D eigenvalue weighted by atomic mass is 35.5. The van der Waals surface area contributed by atoms with Crippen LogP contribution in [0.3, 0.4) is 0 Å². The first-order valence-corrected chi connectivity index (χ1v) is 9.76. The number of carbonyl (C=O) groups is 1. The van der Waals surface area contributed by atoms with E-state index in [-0.39, 0.29) is 12.0 Å². The molecule has 0 aliphatic rings. The summed E-state index contributed by atoms with van der Waals surface area (Å²) in [4.78, 5) is 12.6. The lowest BCUT2D eigenvalue weighted by molar-refractivity contribution is 0.0957. The second-order valence-corrected chi connectivity index (χ2v) is 7.00. The number of halogens is 1. The summed E-state index contributed by atoms with van der Waals surface area (Å²) < 4.78 is 11.2. The molecular weight excluding hydrogens is 388 g/mol. The van der Waals surface area contributed by atoms with Crippen molar-refractivity contribution in [1.29, 1.82) is 0 Å². The van der Waals surface area contributed by atoms with Gasteiger partial charge in [-0.2, -0.15) is 5.10 Å². The van der Waals surface area contributed by atoms with Crippen LogP contribution >= 0.6 is 11.6 Å². The molecule has 0 spiro atoms. The number of hydrogen-bond donors (Lipinski definition) is 1. The van der Waals surface area contributed by atoms with Crippen molar-refractivity contribution in [3.05, 3.63) is 70.7 Å². The van der Waals surface area contributed by atoms with E-state index in [4.69, 9.17) is 21.1 Å². The second-order valence-electron chi connectivity index (χ2n) is 6.60. The van der Waals surface area contributed by atoms with Gasteiger partial charge in [0.05, 0.1) is 24.5 Å². The second kappa shape index (κ2) is 9.43. The fraction of sp³-hybridized carbons (Fsp3) is 0.217. The van der Waals surface area contributed by atoms with Crippen LogP contribution in [0, 0.1) is 0 Å². The maximum Gasteiger partial charge on any atom is 0.271 e. The fourth-order valence-electron chi connectivity index (χ4n) is 2.86. The van der Waals surface area contributed by atoms with Gasteiger partial charge >= 0.3 is 0 Å². The molecule has 3 aromatic carbocycles. The number of benzene rings is 3. The van der Waals surface area contributed by atoms with Gasteiger partial charge < -0.3 is 9.47 Å². The SMILES string of the molecule is CC[C@@H](C)Oc1c(Cl)cc(/C=N\NC(=O)c2cccc3ccccc23)cc1OC. The minimum atomic E-state index is -0.284. The molecule has 0 aliphatic heterocycles. The van der Waals surface area contributed by atoms with Crippen LogP contribution < -0.4 is 14.9 Å². The monoisotopic (exact) mass is 410 g/mol. The van der Waals surface area contributed by atoms with Gasteiger partial charge in [0.15, 0.2) is 11.5 Å². The Morgan fingerprint density at radius 1 is 1.21 bits per heavy atom. The lowest BCUT2D eigenvalue weighted by Gasteiger charge is -2.17. The molecule has 0 saturated heterocycles. The maximum atomic E-state index is 12.6. The first-order valence-electron chi connectivity index (χ1n) is 9.38. The molecule has 1 N–H and O–H groups in total. The van der Waals surface area contributed by atoms with Gasteiger partial charge in [-0.3, -0.25) is 4.79 Å². The lowest BCUT2D eigenvalue weighted by atomic mass is 10.0. The van der Waals surface area contributed by atoms with Gasteiger partial charge in [-0.25, -0.2) is 5.43 Å². The zero-order valence-corrected chi connectivity index (χ0v) is 17.4. The minimum Gasteiger partial charge on any atom is -0.493 e. The molecule has 1 amide bonds. The highest BCUT2D eigenvalue weighted by Crippen LogP contribution is 2.37. The Kier molecular flexibility index (Phi) is 6.73. The number of rotatable bonds is 7. The molecule has 3 aromatic rings. The number of amides is 1. The van der Waals surface area contributed by atoms with Crippen LogP contribution in [-0.2, 0) is 0 Å². The molecule has 0 bridgehead atoms. The first-order chi connectivity index (χ1) is 14.0. The standard InChI is InChI=1S/C23H23ClN2O3/c1-4-15(2)29-22-20(24)12-16(13-21(22)28-3)14-25-26-23(27)19-11-7-9-17-8-5-6-10-18(17)19/h5-15H,4H2,1-3H3,(H,26,27)/b25-14-/t15-/m1/s1. The van der Waals surface area contributed by atoms with Crippen molar-refractivity contribution in [3.8, 4) is 11.5 Å². The Balaban J connectivity index is 1.77. The maximum absolute atomic E-state index is 12.6. The average Bonchev–Trinajstić information content (AvgIpc) is 2.74. The Bertz CT molecular complexity index is 1040. The number of hydrazone groups is 1. The molecule has 0 saturated carbocycles. The molecule has 0 aromatic heterocycles. The highest BCUT2D eigenvalue weighted by Gasteiger charge is 2.14. The molecule has 1 atom stereocenters. The normalized spacial score (nSPS) is 12.1. The summed E-state index contributed by atoms with van der Waals surface area (Å²) in [6.45, 7) is 4.00. The van der Waals surface area contributed by atoms with Crippen molar-refractivity contribution in [3.63, 3.8) is 0 Å². The molecule has 0 fully saturated rings. The van der Waals surface area contributed by atoms with Crippen molar-refractivity contribution < 1.29 is 14.3 Å². The number of ether oxygens (including phenoxy) is 2. The minimum absolute atomic E-state index is 0.0147. The zero-order valence-electron chi connectivity index (χ0n) is 16.6. The van der Waals surface area contributed by atoms with E-state index >= 15 is 0 Å². The number of methoxy groups -OCH3 is 1. The van der Waals surface area contributed by atoms with Crippen LogP contribution in [0.25, 0.3) is 10.8 Å². The molecule has 0 heterocycles. The number of hydrogen-bond acceptors (Lipinski definition) is 4. The summed E-state index contributed by atoms with van der Waals surface area (Å²) in [5.74, 6) is 0.730. The van der Waals surface area contributed by atoms with Crippen molar-refractivity contribution in [2.75, 3.05) is 7.11 Å². The van der Waals surface area contributed by atoms with E-state index in [0.717, 1.165) is 17.2 Å². The average molecular weight is 411 g/mol. The van der Waals surface area contributed by atoms with Gasteiger partial charge in [0.1, 0.15) is 0 Å². The van der Waals surface area contributed by atoms with Gasteiger partial charge in [-0.15, -0.1) is 0 Å². The largest absolute Gasteiger partial charge is 0.493 e. The van der Waals surface area contributed by atoms with Crippen molar-refractivity contribution >= 4 is 34.5 Å². The predicted octanol–water partition coefficient (Wildman–Crippen LogP) is 5.44. The van der Waals surface area contributed by atoms with E-state index in [0.29, 0.717) is 27.6 Å². The first kappa shape index (κ1) is 20.7. The van der Waals surface area contributed by atoms with Gasteiger partial charge in [-0.05, 0) is 47.9 Å². The fourth-order valence-corrected chi connectivity index (χ4v) is 3.13. The van der Waals surface area contributed by atoms with Crippen molar-refractivity contribution in [2.45, 2.75) is 26.4 Å². The third-order valence-electron chi connectivity index (χ3n) is 4.56. The Hall–Kier alpha value is -3.05. The number of nitrogens with zero attached hydrogens (tertiary/aromatic N) is 1. The summed E-state index contributed by atoms with van der Waals surface area (Å²) in [6, 6.07) is 16.8. The third kappa shape index (κ3) is 4.87. The Morgan fingerprint density at radius 2 is 1.97 bits per heavy atom. The van der Waals surface area contributed by atoms with Crippen LogP contribution in [0.15, 0.2) is 59.7 Å². The summed E-state index contributed by atoms with van der Waals surface area (Å²) in [5.41, 5.74) is 3.81. The number of carbonyl (C=O) groups excluding carboxylic acids is 1. The van der Waals surface area contributed by atoms with Crippen molar-refractivity contribution in [2.24, 2.45) is 5.10 Å². The molecule has 6 heteroatoms. The number of fused-ring (bicyclic) bond motifs is 1. The van der Waals surface area contributed by atoms with E-state index < -0.39 is 0 Å². The van der Waals surface area contributed by atoms with E-state index in [1.165, 1.54) is 6.21 Å². The molecule has 150 valence electrons. The molecule has 0 radical (unpaired) electrons. The van der Waals surface area contributed by atoms with Crippen molar-refractivity contribution in [1.82, 2.24) is 5.43 Å². The molecule has 0 unspecified atom stereocenters. The molecule has 29 heavy (non-hydrogen) atoms. The molecule has 3 rings (SSSR count). The highest BCUT2D eigenvalue weighted by molar-refractivity contribution is 6.32. The summed E-state index contributed by atoms with van der Waals surface area (Å²) in [5, 5.41) is 6.36. The third-order valence-corrected chi connectivity index (χ3v) is 4.84. The van der Waals surface area contributed by atoms with Crippen LogP contribution in [0.2, 0.25) is 5.02 Å². The van der Waals surface area contributed by atoms with Crippen LogP contribution in [-0.4, -0.2) is 25.3 Å². The van der Waals surface area contributed by atoms with Gasteiger partial charge in [0, 0.05) is 5.56 Å². The van der Waals surface area contributed by atoms with E-state index in [1.807, 2.05) is 50.2 Å². The smallest absolute Gasteiger partial charge is 0.271 e. The lowest BCUT2D eigenvalue weighted by Crippen LogP contribution is -2.18. The molecule has 5 nitrogen and oxygen atoms in total. The predicted molar refractivity (Wildman–Crippen MR) is 117 cm³/mol. The topological polar surface area (TPSA) is 59.9 Å². The van der Waals surface area contributed by atoms with Gasteiger partial charge in [0.25, 0.3) is 5.91 Å². The van der Waals surface area contributed by atoms with Crippen LogP contribution in [0.1, 0.15) is 36.2 Å². The van der Waals surface area contributed by atoms with E-state index in [2.05, 4.69) is 10.5 Å². The van der Waals surface area contributed by atoms with Crippen LogP contribution in [0.5, 0.6) is 11.5 Å². The molecule has 0 aliphatic carbocycles. The van der Waals surface area contributed by atoms with Gasteiger partial charge in [0.2, 0.25) is 0 Å². The zero-order chi connectivity index (χ0) is 20.8.